The minimum absolute atomic E-state index is 0.0444. The number of anilines is 1. The highest BCUT2D eigenvalue weighted by atomic mass is 32.1. The van der Waals surface area contributed by atoms with Crippen LogP contribution in [0.2, 0.25) is 0 Å². The minimum atomic E-state index is -0.379. The summed E-state index contributed by atoms with van der Waals surface area (Å²) in [6.07, 6.45) is 5.70. The Kier molecular flexibility index (Phi) is 5.74. The first-order valence-corrected chi connectivity index (χ1v) is 10.6. The van der Waals surface area contributed by atoms with E-state index in [4.69, 9.17) is 4.74 Å². The molecule has 2 aromatic heterocycles. The molecule has 0 radical (unpaired) electrons. The van der Waals surface area contributed by atoms with Gasteiger partial charge in [-0.05, 0) is 25.8 Å². The molecular weight excluding hydrogens is 388 g/mol. The molecule has 0 aromatic carbocycles. The lowest BCUT2D eigenvalue weighted by atomic mass is 9.94. The zero-order valence-electron chi connectivity index (χ0n) is 16.6. The summed E-state index contributed by atoms with van der Waals surface area (Å²) in [5.74, 6) is 0.0310. The Balaban J connectivity index is 1.44. The van der Waals surface area contributed by atoms with Crippen molar-refractivity contribution in [1.29, 1.82) is 5.26 Å². The molecule has 4 heterocycles. The maximum atomic E-state index is 13.0. The van der Waals surface area contributed by atoms with Gasteiger partial charge in [0.25, 0.3) is 0 Å². The minimum Gasteiger partial charge on any atom is -0.379 e. The Morgan fingerprint density at radius 2 is 2.14 bits per heavy atom. The highest BCUT2D eigenvalue weighted by Crippen LogP contribution is 2.35. The van der Waals surface area contributed by atoms with Gasteiger partial charge in [0.05, 0.1) is 24.1 Å². The van der Waals surface area contributed by atoms with Crippen molar-refractivity contribution in [3.05, 3.63) is 23.5 Å². The van der Waals surface area contributed by atoms with E-state index in [-0.39, 0.29) is 24.0 Å². The third-order valence-corrected chi connectivity index (χ3v) is 6.64. The van der Waals surface area contributed by atoms with Gasteiger partial charge in [-0.3, -0.25) is 9.78 Å². The molecule has 0 aliphatic carbocycles. The topological polar surface area (TPSA) is 95.2 Å². The molecule has 0 N–H and O–H groups in total. The van der Waals surface area contributed by atoms with Crippen LogP contribution in [0.4, 0.5) is 5.69 Å². The second kappa shape index (κ2) is 8.43. The fourth-order valence-electron chi connectivity index (χ4n) is 4.16. The molecule has 4 rings (SSSR count). The van der Waals surface area contributed by atoms with E-state index in [0.29, 0.717) is 13.0 Å². The normalized spacial score (nSPS) is 22.7. The number of nitriles is 1. The number of hydrogen-bond donors (Lipinski definition) is 0. The van der Waals surface area contributed by atoms with E-state index < -0.39 is 0 Å². The van der Waals surface area contributed by atoms with Crippen molar-refractivity contribution in [3.63, 3.8) is 0 Å². The maximum absolute atomic E-state index is 13.0. The second-order valence-electron chi connectivity index (χ2n) is 7.51. The lowest BCUT2D eigenvalue weighted by Crippen LogP contribution is -2.44. The van der Waals surface area contributed by atoms with Gasteiger partial charge in [-0.2, -0.15) is 5.26 Å². The monoisotopic (exact) mass is 412 g/mol. The van der Waals surface area contributed by atoms with E-state index in [9.17, 15) is 10.1 Å². The Bertz CT molecular complexity index is 918. The molecule has 29 heavy (non-hydrogen) atoms. The van der Waals surface area contributed by atoms with Crippen molar-refractivity contribution in [2.75, 3.05) is 31.6 Å². The number of carbonyl (C=O) groups excluding carboxylic acids is 1. The highest BCUT2D eigenvalue weighted by molar-refractivity contribution is 7.14. The standard InChI is InChI=1S/C20H24N6O2S/c1-13-23-24-19(29-13)17-3-6-22-11-18(17)25-7-4-14(5-8-25)20(27)26-12-16(28-2)9-15(26)10-21/h3,6,11,14-16H,4-5,7-9,12H2,1-2H3/t15-,16-/m1/s1. The van der Waals surface area contributed by atoms with Gasteiger partial charge in [0.1, 0.15) is 16.1 Å². The smallest absolute Gasteiger partial charge is 0.226 e. The van der Waals surface area contributed by atoms with Gasteiger partial charge in [-0.1, -0.05) is 11.3 Å². The van der Waals surface area contributed by atoms with Crippen molar-refractivity contribution < 1.29 is 9.53 Å². The molecule has 152 valence electrons. The van der Waals surface area contributed by atoms with Gasteiger partial charge in [-0.15, -0.1) is 10.2 Å². The number of rotatable bonds is 4. The summed E-state index contributed by atoms with van der Waals surface area (Å²) in [5, 5.41) is 19.6. The van der Waals surface area contributed by atoms with Crippen LogP contribution in [0.5, 0.6) is 0 Å². The molecule has 8 nitrogen and oxygen atoms in total. The van der Waals surface area contributed by atoms with E-state index in [2.05, 4.69) is 26.2 Å². The summed E-state index contributed by atoms with van der Waals surface area (Å²) in [6, 6.07) is 3.85. The molecule has 0 bridgehead atoms. The van der Waals surface area contributed by atoms with E-state index in [1.165, 1.54) is 0 Å². The van der Waals surface area contributed by atoms with Crippen molar-refractivity contribution in [2.45, 2.75) is 38.3 Å². The van der Waals surface area contributed by atoms with Crippen LogP contribution >= 0.6 is 11.3 Å². The average molecular weight is 413 g/mol. The number of carbonyl (C=O) groups is 1. The number of nitrogens with zero attached hydrogens (tertiary/aromatic N) is 6. The lowest BCUT2D eigenvalue weighted by molar-refractivity contribution is -0.136. The number of likely N-dealkylation sites (tertiary alicyclic amines) is 1. The number of piperidine rings is 1. The molecule has 2 fully saturated rings. The first-order valence-electron chi connectivity index (χ1n) is 9.83. The lowest BCUT2D eigenvalue weighted by Gasteiger charge is -2.35. The molecule has 0 saturated carbocycles. The Morgan fingerprint density at radius 1 is 1.34 bits per heavy atom. The summed E-state index contributed by atoms with van der Waals surface area (Å²) in [6.45, 7) is 3.99. The summed E-state index contributed by atoms with van der Waals surface area (Å²) in [4.78, 5) is 21.3. The second-order valence-corrected chi connectivity index (χ2v) is 8.69. The van der Waals surface area contributed by atoms with Crippen LogP contribution in [-0.2, 0) is 9.53 Å². The largest absolute Gasteiger partial charge is 0.379 e. The molecule has 0 unspecified atom stereocenters. The molecule has 0 spiro atoms. The summed E-state index contributed by atoms with van der Waals surface area (Å²) < 4.78 is 5.37. The summed E-state index contributed by atoms with van der Waals surface area (Å²) in [5.41, 5.74) is 2.06. The van der Waals surface area contributed by atoms with Crippen molar-refractivity contribution >= 4 is 22.9 Å². The van der Waals surface area contributed by atoms with Gasteiger partial charge in [0.2, 0.25) is 5.91 Å². The van der Waals surface area contributed by atoms with Crippen molar-refractivity contribution in [3.8, 4) is 16.6 Å². The SMILES string of the molecule is CO[C@@H]1C[C@H](C#N)N(C(=O)C2CCN(c3cnccc3-c3nnc(C)s3)CC2)C1. The maximum Gasteiger partial charge on any atom is 0.226 e. The summed E-state index contributed by atoms with van der Waals surface area (Å²) in [7, 11) is 1.64. The Hall–Kier alpha value is -2.57. The number of methoxy groups -OCH3 is 1. The third-order valence-electron chi connectivity index (χ3n) is 5.77. The number of amides is 1. The number of pyridine rings is 1. The van der Waals surface area contributed by atoms with Crippen LogP contribution in [0.1, 0.15) is 24.3 Å². The average Bonchev–Trinajstić information content (AvgIpc) is 3.39. The van der Waals surface area contributed by atoms with Crippen LogP contribution in [0.3, 0.4) is 0 Å². The predicted molar refractivity (Wildman–Crippen MR) is 109 cm³/mol. The molecule has 2 aliphatic rings. The molecule has 2 atom stereocenters. The van der Waals surface area contributed by atoms with Gasteiger partial charge >= 0.3 is 0 Å². The fourth-order valence-corrected chi connectivity index (χ4v) is 4.89. The molecule has 9 heteroatoms. The Labute approximate surface area is 174 Å². The third kappa shape index (κ3) is 3.95. The molecular formula is C20H24N6O2S. The number of hydrogen-bond acceptors (Lipinski definition) is 8. The van der Waals surface area contributed by atoms with Crippen LogP contribution in [-0.4, -0.2) is 64.9 Å². The first kappa shape index (κ1) is 19.7. The van der Waals surface area contributed by atoms with E-state index in [0.717, 1.165) is 47.2 Å². The van der Waals surface area contributed by atoms with Crippen LogP contribution in [0, 0.1) is 24.2 Å². The number of aryl methyl sites for hydroxylation is 1. The van der Waals surface area contributed by atoms with Gasteiger partial charge in [0, 0.05) is 50.8 Å². The Morgan fingerprint density at radius 3 is 2.79 bits per heavy atom. The molecule has 2 saturated heterocycles. The van der Waals surface area contributed by atoms with Gasteiger partial charge in [0.15, 0.2) is 0 Å². The zero-order valence-corrected chi connectivity index (χ0v) is 17.4. The van der Waals surface area contributed by atoms with Crippen molar-refractivity contribution in [1.82, 2.24) is 20.1 Å². The molecule has 1 amide bonds. The van der Waals surface area contributed by atoms with Crippen LogP contribution in [0.15, 0.2) is 18.5 Å². The van der Waals surface area contributed by atoms with Crippen LogP contribution < -0.4 is 4.90 Å². The number of aromatic nitrogens is 3. The zero-order chi connectivity index (χ0) is 20.4. The van der Waals surface area contributed by atoms with E-state index >= 15 is 0 Å². The molecule has 2 aliphatic heterocycles. The van der Waals surface area contributed by atoms with Gasteiger partial charge < -0.3 is 14.5 Å². The quantitative estimate of drug-likeness (QED) is 0.760. The van der Waals surface area contributed by atoms with E-state index in [1.807, 2.05) is 19.2 Å². The predicted octanol–water partition coefficient (Wildman–Crippen LogP) is 2.26. The van der Waals surface area contributed by atoms with Crippen molar-refractivity contribution in [2.24, 2.45) is 5.92 Å². The first-order chi connectivity index (χ1) is 14.1. The van der Waals surface area contributed by atoms with Gasteiger partial charge in [-0.25, -0.2) is 0 Å². The van der Waals surface area contributed by atoms with E-state index in [1.54, 1.807) is 29.5 Å². The van der Waals surface area contributed by atoms with Crippen LogP contribution in [0.25, 0.3) is 10.6 Å². The summed E-state index contributed by atoms with van der Waals surface area (Å²) >= 11 is 1.57. The molecule has 2 aromatic rings. The highest BCUT2D eigenvalue weighted by Gasteiger charge is 2.39. The number of ether oxygens (including phenoxy) is 1. The fraction of sp³-hybridized carbons (Fsp3) is 0.550.